The lowest BCUT2D eigenvalue weighted by Gasteiger charge is -2.34. The third kappa shape index (κ3) is 7.43. The molecule has 0 bridgehead atoms. The van der Waals surface area contributed by atoms with Gasteiger partial charge in [-0.3, -0.25) is 0 Å². The van der Waals surface area contributed by atoms with Crippen LogP contribution >= 0.6 is 68.8 Å². The summed E-state index contributed by atoms with van der Waals surface area (Å²) in [4.78, 5) is 4.68. The van der Waals surface area contributed by atoms with Crippen molar-refractivity contribution in [3.63, 3.8) is 0 Å². The Labute approximate surface area is 518 Å². The lowest BCUT2D eigenvalue weighted by Crippen LogP contribution is -2.29. The summed E-state index contributed by atoms with van der Waals surface area (Å²) in [5.41, 5.74) is 22.0. The molecule has 14 heteroatoms. The number of aromatic nitrogens is 4. The van der Waals surface area contributed by atoms with Gasteiger partial charge in [-0.1, -0.05) is 144 Å². The number of rotatable bonds is 8. The van der Waals surface area contributed by atoms with Crippen LogP contribution in [0.2, 0.25) is 0 Å². The Bertz CT molecular complexity index is 5030. The number of hydrogen-bond donors (Lipinski definition) is 0. The average Bonchev–Trinajstić information content (AvgIpc) is 1.50. The van der Waals surface area contributed by atoms with E-state index >= 15 is 0 Å². The molecule has 0 atom stereocenters. The molecule has 14 aromatic rings. The van der Waals surface area contributed by atoms with E-state index in [4.69, 9.17) is 8.75 Å². The maximum Gasteiger partial charge on any atom is 0.130 e. The molecule has 0 saturated carbocycles. The molecule has 2 aliphatic rings. The molecule has 0 fully saturated rings. The van der Waals surface area contributed by atoms with Crippen LogP contribution in [0.15, 0.2) is 169 Å². The molecule has 86 heavy (non-hydrogen) atoms. The minimum absolute atomic E-state index is 0.0163. The van der Waals surface area contributed by atoms with Crippen molar-refractivity contribution in [3.05, 3.63) is 247 Å². The number of fused-ring (bicyclic) bond motifs is 13. The Kier molecular flexibility index (Phi) is 11.8. The van der Waals surface area contributed by atoms with Crippen LogP contribution in [-0.2, 0) is 10.8 Å². The quantitative estimate of drug-likeness (QED) is 0.137. The SMILES string of the molecule is Cc1ccc(C2(c3ccc(C)cc3)c3cc4cc(-c5ccc(C=C(C#N)C#N)c6nsnc56)sc4cc3-c3sc4c5c(sc4c32)-c2cc3cc(-c4ccc(C=C(C#N)C#N)c6nsnc46)sc3cc2C5(c2ccc(C)cc2)c2ccc(C)cc2)cc1. The van der Waals surface area contributed by atoms with Crippen LogP contribution in [0.5, 0.6) is 0 Å². The van der Waals surface area contributed by atoms with E-state index in [0.717, 1.165) is 70.8 Å². The zero-order chi connectivity index (χ0) is 58.3. The number of thiophene rings is 4. The van der Waals surface area contributed by atoms with E-state index in [-0.39, 0.29) is 11.1 Å². The Balaban J connectivity index is 0.976. The molecule has 404 valence electrons. The number of nitrogens with zero attached hydrogens (tertiary/aromatic N) is 8. The molecule has 0 N–H and O–H groups in total. The molecule has 0 aliphatic heterocycles. The van der Waals surface area contributed by atoms with Gasteiger partial charge in [0.05, 0.1) is 43.7 Å². The highest BCUT2D eigenvalue weighted by Crippen LogP contribution is 2.69. The van der Waals surface area contributed by atoms with Crippen LogP contribution in [0.1, 0.15) is 77.9 Å². The molecule has 6 heterocycles. The number of benzene rings is 8. The van der Waals surface area contributed by atoms with Crippen molar-refractivity contribution in [1.29, 1.82) is 21.0 Å². The van der Waals surface area contributed by atoms with Crippen LogP contribution in [0.3, 0.4) is 0 Å². The Morgan fingerprint density at radius 3 is 1.15 bits per heavy atom. The van der Waals surface area contributed by atoms with Gasteiger partial charge in [0.25, 0.3) is 0 Å². The highest BCUT2D eigenvalue weighted by molar-refractivity contribution is 7.32. The van der Waals surface area contributed by atoms with Gasteiger partial charge in [0, 0.05) is 62.3 Å². The summed E-state index contributed by atoms with van der Waals surface area (Å²) in [6, 6.07) is 67.3. The summed E-state index contributed by atoms with van der Waals surface area (Å²) < 4.78 is 23.8. The molecule has 0 radical (unpaired) electrons. The lowest BCUT2D eigenvalue weighted by atomic mass is 9.66. The predicted octanol–water partition coefficient (Wildman–Crippen LogP) is 19.6. The van der Waals surface area contributed by atoms with Crippen molar-refractivity contribution in [2.75, 3.05) is 0 Å². The fraction of sp³-hybridized carbons (Fsp3) is 0.0833. The van der Waals surface area contributed by atoms with Crippen LogP contribution in [0, 0.1) is 73.0 Å². The van der Waals surface area contributed by atoms with Gasteiger partial charge < -0.3 is 0 Å². The standard InChI is InChI=1S/C72H40N8S6/c1-37-5-15-47(16-6-37)71(48-17-7-38(2)8-18-48)55-28-46-30-60(52-24-14-44(26-42(35-75)36-76)64-66(52)80-86-78-64)81-57(46)31-54(55)68-62(71)70-69(84-68)61-67(83-70)53-27-45-29-59(51-23-13-43(25-41(33-73)34-74)63-65(51)79-85-77-63)82-58(45)32-56(53)72(61,49-19-9-39(3)10-20-49)50-21-11-40(4)12-22-50/h5-32H,1-4H3. The van der Waals surface area contributed by atoms with E-state index in [1.54, 1.807) is 34.8 Å². The summed E-state index contributed by atoms with van der Waals surface area (Å²) in [5.74, 6) is 0. The molecule has 0 spiro atoms. The maximum atomic E-state index is 9.63. The molecule has 0 unspecified atom stereocenters. The average molecular weight is 1210 g/mol. The smallest absolute Gasteiger partial charge is 0.130 e. The third-order valence-electron chi connectivity index (χ3n) is 17.3. The van der Waals surface area contributed by atoms with Gasteiger partial charge in [0.1, 0.15) is 57.5 Å². The monoisotopic (exact) mass is 1210 g/mol. The first-order valence-corrected chi connectivity index (χ1v) is 32.4. The maximum absolute atomic E-state index is 9.63. The summed E-state index contributed by atoms with van der Waals surface area (Å²) in [5, 5.41) is 40.8. The Morgan fingerprint density at radius 1 is 0.384 bits per heavy atom. The van der Waals surface area contributed by atoms with Crippen molar-refractivity contribution >= 4 is 133 Å². The Morgan fingerprint density at radius 2 is 0.744 bits per heavy atom. The molecule has 8 nitrogen and oxygen atoms in total. The van der Waals surface area contributed by atoms with E-state index in [1.807, 2.05) is 71.2 Å². The Hall–Kier alpha value is -9.58. The first kappa shape index (κ1) is 52.0. The molecule has 8 aromatic carbocycles. The highest BCUT2D eigenvalue weighted by Gasteiger charge is 2.54. The summed E-state index contributed by atoms with van der Waals surface area (Å²) in [7, 11) is 0. The molecule has 0 saturated heterocycles. The van der Waals surface area contributed by atoms with Gasteiger partial charge >= 0.3 is 0 Å². The molecular formula is C72H40N8S6. The second-order valence-electron chi connectivity index (χ2n) is 22.2. The topological polar surface area (TPSA) is 147 Å². The fourth-order valence-electron chi connectivity index (χ4n) is 13.3. The lowest BCUT2D eigenvalue weighted by molar-refractivity contribution is 0.775. The van der Waals surface area contributed by atoms with Crippen molar-refractivity contribution < 1.29 is 0 Å². The van der Waals surface area contributed by atoms with Crippen molar-refractivity contribution in [1.82, 2.24) is 17.5 Å². The highest BCUT2D eigenvalue weighted by atomic mass is 32.1. The number of allylic oxidation sites excluding steroid dienone is 2. The van der Waals surface area contributed by atoms with Gasteiger partial charge in [0.2, 0.25) is 0 Å². The van der Waals surface area contributed by atoms with E-state index in [9.17, 15) is 21.0 Å². The first-order valence-electron chi connectivity index (χ1n) is 27.6. The normalized spacial score (nSPS) is 13.3. The van der Waals surface area contributed by atoms with E-state index in [1.165, 1.54) is 102 Å². The van der Waals surface area contributed by atoms with E-state index in [0.29, 0.717) is 22.2 Å². The van der Waals surface area contributed by atoms with Crippen molar-refractivity contribution in [3.8, 4) is 66.0 Å². The van der Waals surface area contributed by atoms with E-state index in [2.05, 4.69) is 170 Å². The van der Waals surface area contributed by atoms with Gasteiger partial charge in [-0.2, -0.15) is 38.5 Å². The van der Waals surface area contributed by atoms with Crippen LogP contribution in [0.4, 0.5) is 0 Å². The zero-order valence-electron chi connectivity index (χ0n) is 46.2. The molecule has 2 aliphatic carbocycles. The van der Waals surface area contributed by atoms with E-state index < -0.39 is 10.8 Å². The minimum atomic E-state index is -0.712. The number of aryl methyl sites for hydroxylation is 4. The van der Waals surface area contributed by atoms with Gasteiger partial charge in [-0.25, -0.2) is 0 Å². The number of nitriles is 4. The second kappa shape index (κ2) is 19.5. The number of hydrogen-bond acceptors (Lipinski definition) is 14. The zero-order valence-corrected chi connectivity index (χ0v) is 51.1. The van der Waals surface area contributed by atoms with Gasteiger partial charge in [-0.05, 0) is 132 Å². The largest absolute Gasteiger partial charge is 0.192 e. The minimum Gasteiger partial charge on any atom is -0.192 e. The van der Waals surface area contributed by atoms with Gasteiger partial charge in [0.15, 0.2) is 0 Å². The van der Waals surface area contributed by atoms with Crippen LogP contribution in [-0.4, -0.2) is 17.5 Å². The van der Waals surface area contributed by atoms with Gasteiger partial charge in [-0.15, -0.1) is 45.3 Å². The predicted molar refractivity (Wildman–Crippen MR) is 355 cm³/mol. The third-order valence-corrected chi connectivity index (χ3v) is 23.3. The fourth-order valence-corrected chi connectivity index (χ4v) is 19.9. The second-order valence-corrected chi connectivity index (χ2v) is 27.5. The molecule has 0 amide bonds. The summed E-state index contributed by atoms with van der Waals surface area (Å²) in [6.07, 6.45) is 3.18. The van der Waals surface area contributed by atoms with Crippen LogP contribution < -0.4 is 0 Å². The summed E-state index contributed by atoms with van der Waals surface area (Å²) >= 11 is 9.66. The van der Waals surface area contributed by atoms with Crippen molar-refractivity contribution in [2.24, 2.45) is 0 Å². The first-order chi connectivity index (χ1) is 42.0. The van der Waals surface area contributed by atoms with Crippen LogP contribution in [0.25, 0.3) is 106 Å². The van der Waals surface area contributed by atoms with Crippen molar-refractivity contribution in [2.45, 2.75) is 38.5 Å². The molecule has 16 rings (SSSR count). The molecular weight excluding hydrogens is 1170 g/mol. The molecule has 6 aromatic heterocycles. The summed E-state index contributed by atoms with van der Waals surface area (Å²) in [6.45, 7) is 8.66.